The summed E-state index contributed by atoms with van der Waals surface area (Å²) in [7, 11) is 0. The summed E-state index contributed by atoms with van der Waals surface area (Å²) in [5, 5.41) is 13.1. The Morgan fingerprint density at radius 2 is 2.33 bits per heavy atom. The molecule has 0 aliphatic rings. The summed E-state index contributed by atoms with van der Waals surface area (Å²) in [4.78, 5) is 13.3. The molecule has 0 fully saturated rings. The molecule has 0 saturated carbocycles. The van der Waals surface area contributed by atoms with Crippen molar-refractivity contribution in [1.29, 1.82) is 0 Å². The molecule has 0 aromatic carbocycles. The average Bonchev–Trinajstić information content (AvgIpc) is 2.56. The number of rotatable bonds is 1. The van der Waals surface area contributed by atoms with Gasteiger partial charge in [-0.05, 0) is 11.3 Å². The maximum Gasteiger partial charge on any atom is 0.248 e. The summed E-state index contributed by atoms with van der Waals surface area (Å²) in [5.74, 6) is 0.418. The van der Waals surface area contributed by atoms with Crippen LogP contribution in [0.1, 0.15) is 0 Å². The molecule has 0 radical (unpaired) electrons. The van der Waals surface area contributed by atoms with Crippen LogP contribution in [-0.4, -0.2) is 25.6 Å². The summed E-state index contributed by atoms with van der Waals surface area (Å²) in [6.07, 6.45) is 1.54. The molecule has 60 valence electrons. The van der Waals surface area contributed by atoms with Crippen molar-refractivity contribution >= 4 is 0 Å². The molecule has 0 spiro atoms. The van der Waals surface area contributed by atoms with E-state index in [1.807, 2.05) is 0 Å². The number of aromatic amines is 2. The lowest BCUT2D eigenvalue weighted by Gasteiger charge is -1.89. The van der Waals surface area contributed by atoms with Gasteiger partial charge in [-0.3, -0.25) is 4.79 Å². The molecular weight excluding hydrogens is 158 g/mol. The molecule has 2 aromatic heterocycles. The molecule has 0 unspecified atom stereocenters. The van der Waals surface area contributed by atoms with E-state index in [0.717, 1.165) is 0 Å². The lowest BCUT2D eigenvalue weighted by molar-refractivity contribution is 0.881. The van der Waals surface area contributed by atoms with Crippen molar-refractivity contribution < 1.29 is 0 Å². The van der Waals surface area contributed by atoms with E-state index in [0.29, 0.717) is 11.4 Å². The third-order valence-electron chi connectivity index (χ3n) is 1.38. The highest BCUT2D eigenvalue weighted by atomic mass is 16.1. The Bertz CT molecular complexity index is 418. The zero-order valence-electron chi connectivity index (χ0n) is 5.98. The van der Waals surface area contributed by atoms with Crippen LogP contribution in [0.15, 0.2) is 23.1 Å². The van der Waals surface area contributed by atoms with Gasteiger partial charge in [0.05, 0.1) is 0 Å². The first-order chi connectivity index (χ1) is 5.86. The number of hydrogen-bond acceptors (Lipinski definition) is 4. The smallest absolute Gasteiger partial charge is 0.248 e. The Balaban J connectivity index is 2.55. The summed E-state index contributed by atoms with van der Waals surface area (Å²) in [6.45, 7) is 0. The maximum absolute atomic E-state index is 10.8. The van der Waals surface area contributed by atoms with Crippen LogP contribution < -0.4 is 5.56 Å². The highest BCUT2D eigenvalue weighted by Crippen LogP contribution is 2.07. The van der Waals surface area contributed by atoms with Gasteiger partial charge in [-0.25, -0.2) is 0 Å². The molecule has 0 amide bonds. The molecule has 12 heavy (non-hydrogen) atoms. The van der Waals surface area contributed by atoms with Crippen molar-refractivity contribution in [2.75, 3.05) is 0 Å². The van der Waals surface area contributed by atoms with Crippen LogP contribution in [0.5, 0.6) is 0 Å². The first-order valence-corrected chi connectivity index (χ1v) is 3.29. The van der Waals surface area contributed by atoms with Crippen molar-refractivity contribution in [2.45, 2.75) is 0 Å². The molecule has 2 heterocycles. The SMILES string of the molecule is O=c1cc(-c2nn[nH]n2)cc[nH]1. The molecule has 2 rings (SSSR count). The van der Waals surface area contributed by atoms with Crippen LogP contribution in [0, 0.1) is 0 Å². The van der Waals surface area contributed by atoms with E-state index in [4.69, 9.17) is 0 Å². The van der Waals surface area contributed by atoms with Crippen molar-refractivity contribution in [3.05, 3.63) is 28.7 Å². The topological polar surface area (TPSA) is 87.3 Å². The van der Waals surface area contributed by atoms with Crippen molar-refractivity contribution in [3.63, 3.8) is 0 Å². The number of nitrogens with one attached hydrogen (secondary N) is 2. The van der Waals surface area contributed by atoms with E-state index in [9.17, 15) is 4.79 Å². The fraction of sp³-hybridized carbons (Fsp3) is 0. The Kier molecular flexibility index (Phi) is 1.44. The first-order valence-electron chi connectivity index (χ1n) is 3.29. The number of hydrogen-bond donors (Lipinski definition) is 2. The fourth-order valence-corrected chi connectivity index (χ4v) is 0.868. The van der Waals surface area contributed by atoms with E-state index in [-0.39, 0.29) is 5.56 Å². The number of tetrazole rings is 1. The monoisotopic (exact) mass is 163 g/mol. The lowest BCUT2D eigenvalue weighted by atomic mass is 10.2. The van der Waals surface area contributed by atoms with Crippen LogP contribution in [0.3, 0.4) is 0 Å². The normalized spacial score (nSPS) is 10.0. The molecule has 6 heteroatoms. The standard InChI is InChI=1S/C6H5N5O/c12-5-3-4(1-2-7-5)6-8-10-11-9-6/h1-3H,(H,7,12)(H,8,9,10,11). The second-order valence-corrected chi connectivity index (χ2v) is 2.18. The Morgan fingerprint density at radius 3 is 3.00 bits per heavy atom. The average molecular weight is 163 g/mol. The van der Waals surface area contributed by atoms with E-state index in [1.165, 1.54) is 12.3 Å². The number of pyridine rings is 1. The second-order valence-electron chi connectivity index (χ2n) is 2.18. The Labute approximate surface area is 66.6 Å². The highest BCUT2D eigenvalue weighted by molar-refractivity contribution is 5.51. The number of aromatic nitrogens is 5. The van der Waals surface area contributed by atoms with Gasteiger partial charge in [0.1, 0.15) is 0 Å². The molecule has 2 aromatic rings. The minimum Gasteiger partial charge on any atom is -0.329 e. The van der Waals surface area contributed by atoms with Crippen LogP contribution in [0.4, 0.5) is 0 Å². The largest absolute Gasteiger partial charge is 0.329 e. The summed E-state index contributed by atoms with van der Waals surface area (Å²) in [6, 6.07) is 3.11. The minimum absolute atomic E-state index is 0.183. The minimum atomic E-state index is -0.183. The molecule has 2 N–H and O–H groups in total. The maximum atomic E-state index is 10.8. The molecule has 0 saturated heterocycles. The molecule has 0 atom stereocenters. The van der Waals surface area contributed by atoms with Gasteiger partial charge in [0.15, 0.2) is 0 Å². The van der Waals surface area contributed by atoms with Gasteiger partial charge >= 0.3 is 0 Å². The summed E-state index contributed by atoms with van der Waals surface area (Å²) in [5.41, 5.74) is 0.463. The van der Waals surface area contributed by atoms with Crippen LogP contribution in [0.2, 0.25) is 0 Å². The number of nitrogens with zero attached hydrogens (tertiary/aromatic N) is 3. The Hall–Kier alpha value is -1.98. The van der Waals surface area contributed by atoms with Crippen LogP contribution >= 0.6 is 0 Å². The van der Waals surface area contributed by atoms with Gasteiger partial charge in [0, 0.05) is 17.8 Å². The third kappa shape index (κ3) is 1.09. The van der Waals surface area contributed by atoms with E-state index in [2.05, 4.69) is 25.6 Å². The number of H-pyrrole nitrogens is 2. The fourth-order valence-electron chi connectivity index (χ4n) is 0.868. The van der Waals surface area contributed by atoms with Gasteiger partial charge < -0.3 is 4.98 Å². The summed E-state index contributed by atoms with van der Waals surface area (Å²) >= 11 is 0. The molecular formula is C6H5N5O. The molecule has 0 aliphatic heterocycles. The van der Waals surface area contributed by atoms with E-state index in [1.54, 1.807) is 6.07 Å². The van der Waals surface area contributed by atoms with Crippen LogP contribution in [0.25, 0.3) is 11.4 Å². The van der Waals surface area contributed by atoms with Gasteiger partial charge in [0.25, 0.3) is 0 Å². The van der Waals surface area contributed by atoms with Crippen molar-refractivity contribution in [2.24, 2.45) is 0 Å². The van der Waals surface area contributed by atoms with Gasteiger partial charge in [-0.2, -0.15) is 5.21 Å². The molecule has 6 nitrogen and oxygen atoms in total. The highest BCUT2D eigenvalue weighted by Gasteiger charge is 2.01. The second kappa shape index (κ2) is 2.57. The summed E-state index contributed by atoms with van der Waals surface area (Å²) < 4.78 is 0. The van der Waals surface area contributed by atoms with Crippen LogP contribution in [-0.2, 0) is 0 Å². The zero-order chi connectivity index (χ0) is 8.39. The third-order valence-corrected chi connectivity index (χ3v) is 1.38. The van der Waals surface area contributed by atoms with Gasteiger partial charge in [-0.15, -0.1) is 10.2 Å². The van der Waals surface area contributed by atoms with Gasteiger partial charge in [-0.1, -0.05) is 0 Å². The lowest BCUT2D eigenvalue weighted by Crippen LogP contribution is -2.02. The van der Waals surface area contributed by atoms with Gasteiger partial charge in [0.2, 0.25) is 11.4 Å². The van der Waals surface area contributed by atoms with Crippen molar-refractivity contribution in [1.82, 2.24) is 25.6 Å². The van der Waals surface area contributed by atoms with E-state index < -0.39 is 0 Å². The van der Waals surface area contributed by atoms with Crippen molar-refractivity contribution in [3.8, 4) is 11.4 Å². The molecule has 0 bridgehead atoms. The zero-order valence-corrected chi connectivity index (χ0v) is 5.98. The Morgan fingerprint density at radius 1 is 1.42 bits per heavy atom. The van der Waals surface area contributed by atoms with E-state index >= 15 is 0 Å². The predicted molar refractivity (Wildman–Crippen MR) is 40.2 cm³/mol. The quantitative estimate of drug-likeness (QED) is 0.596. The first kappa shape index (κ1) is 6.71. The molecule has 0 aliphatic carbocycles. The predicted octanol–water partition coefficient (Wildman–Crippen LogP) is -0.445.